The number of amides is 1. The molecule has 19 heavy (non-hydrogen) atoms. The third-order valence-corrected chi connectivity index (χ3v) is 3.02. The summed E-state index contributed by atoms with van der Waals surface area (Å²) in [5.41, 5.74) is 2.47. The van der Waals surface area contributed by atoms with E-state index in [2.05, 4.69) is 19.3 Å². The Morgan fingerprint density at radius 2 is 2.26 bits per heavy atom. The van der Waals surface area contributed by atoms with Gasteiger partial charge in [-0.3, -0.25) is 10.2 Å². The van der Waals surface area contributed by atoms with Gasteiger partial charge in [0, 0.05) is 0 Å². The highest BCUT2D eigenvalue weighted by Gasteiger charge is 2.10. The van der Waals surface area contributed by atoms with Crippen molar-refractivity contribution in [2.24, 2.45) is 5.84 Å². The second kappa shape index (κ2) is 8.72. The number of rotatable bonds is 9. The highest BCUT2D eigenvalue weighted by molar-refractivity contribution is 5.93. The second-order valence-corrected chi connectivity index (χ2v) is 4.75. The normalized spacial score (nSPS) is 12.4. The number of carbonyl (C=O) groups is 1. The van der Waals surface area contributed by atoms with Crippen molar-refractivity contribution in [2.45, 2.75) is 58.7 Å². The fourth-order valence-electron chi connectivity index (χ4n) is 1.83. The number of hydrogen-bond acceptors (Lipinski definition) is 4. The Morgan fingerprint density at radius 3 is 2.95 bits per heavy atom. The van der Waals surface area contributed by atoms with E-state index in [0.717, 1.165) is 6.42 Å². The molecule has 3 N–H and O–H groups in total. The van der Waals surface area contributed by atoms with Gasteiger partial charge in [0.05, 0.1) is 11.7 Å². The molecule has 0 fully saturated rings. The van der Waals surface area contributed by atoms with Crippen LogP contribution in [0.2, 0.25) is 0 Å². The zero-order valence-corrected chi connectivity index (χ0v) is 11.8. The largest absolute Gasteiger partial charge is 0.466 e. The lowest BCUT2D eigenvalue weighted by Crippen LogP contribution is -2.29. The van der Waals surface area contributed by atoms with E-state index in [0.29, 0.717) is 17.9 Å². The van der Waals surface area contributed by atoms with Crippen molar-refractivity contribution in [3.63, 3.8) is 0 Å². The van der Waals surface area contributed by atoms with E-state index in [4.69, 9.17) is 15.0 Å². The number of unbranched alkanes of at least 4 members (excludes halogenated alkanes) is 3. The molecule has 1 aromatic rings. The van der Waals surface area contributed by atoms with Crippen LogP contribution in [0.3, 0.4) is 0 Å². The fourth-order valence-corrected chi connectivity index (χ4v) is 1.83. The van der Waals surface area contributed by atoms with Crippen LogP contribution in [0.5, 0.6) is 0 Å². The van der Waals surface area contributed by atoms with Crippen molar-refractivity contribution in [3.8, 4) is 0 Å². The Bertz CT molecular complexity index is 377. The van der Waals surface area contributed by atoms with E-state index < -0.39 is 0 Å². The molecule has 1 heterocycles. The Hall–Kier alpha value is -1.33. The van der Waals surface area contributed by atoms with Crippen LogP contribution >= 0.6 is 0 Å². The number of nitrogens with one attached hydrogen (secondary N) is 1. The van der Waals surface area contributed by atoms with Gasteiger partial charge in [0.15, 0.2) is 0 Å². The van der Waals surface area contributed by atoms with Gasteiger partial charge in [-0.1, -0.05) is 32.6 Å². The molecule has 5 heteroatoms. The Kier molecular flexibility index (Phi) is 7.22. The Morgan fingerprint density at radius 1 is 1.47 bits per heavy atom. The van der Waals surface area contributed by atoms with Gasteiger partial charge >= 0.3 is 0 Å². The summed E-state index contributed by atoms with van der Waals surface area (Å²) in [7, 11) is 0. The molecule has 1 atom stereocenters. The maximum Gasteiger partial charge on any atom is 0.268 e. The van der Waals surface area contributed by atoms with Gasteiger partial charge in [0.2, 0.25) is 0 Å². The summed E-state index contributed by atoms with van der Waals surface area (Å²) in [6.07, 6.45) is 7.60. The van der Waals surface area contributed by atoms with Crippen molar-refractivity contribution in [3.05, 3.63) is 23.7 Å². The lowest BCUT2D eigenvalue weighted by atomic mass is 10.1. The molecule has 0 bridgehead atoms. The Labute approximate surface area is 114 Å². The van der Waals surface area contributed by atoms with Gasteiger partial charge in [0.25, 0.3) is 5.91 Å². The molecule has 0 aliphatic carbocycles. The van der Waals surface area contributed by atoms with Crippen molar-refractivity contribution < 1.29 is 13.9 Å². The fraction of sp³-hybridized carbons (Fsp3) is 0.643. The average Bonchev–Trinajstić information content (AvgIpc) is 2.89. The van der Waals surface area contributed by atoms with E-state index in [-0.39, 0.29) is 12.0 Å². The molecule has 0 aliphatic heterocycles. The van der Waals surface area contributed by atoms with Crippen molar-refractivity contribution in [2.75, 3.05) is 0 Å². The van der Waals surface area contributed by atoms with E-state index in [1.165, 1.54) is 31.9 Å². The van der Waals surface area contributed by atoms with E-state index in [9.17, 15) is 4.79 Å². The number of hydrogen-bond donors (Lipinski definition) is 2. The molecule has 0 spiro atoms. The summed E-state index contributed by atoms with van der Waals surface area (Å²) >= 11 is 0. The van der Waals surface area contributed by atoms with Crippen LogP contribution < -0.4 is 11.3 Å². The van der Waals surface area contributed by atoms with Crippen LogP contribution in [0.4, 0.5) is 0 Å². The quantitative estimate of drug-likeness (QED) is 0.312. The molecule has 5 nitrogen and oxygen atoms in total. The van der Waals surface area contributed by atoms with E-state index in [1.54, 1.807) is 6.07 Å². The van der Waals surface area contributed by atoms with Crippen molar-refractivity contribution in [1.29, 1.82) is 0 Å². The summed E-state index contributed by atoms with van der Waals surface area (Å²) in [6, 6.07) is 1.64. The van der Waals surface area contributed by atoms with Crippen molar-refractivity contribution in [1.82, 2.24) is 5.43 Å². The second-order valence-electron chi connectivity index (χ2n) is 4.75. The number of nitrogens with two attached hydrogens (primary N) is 1. The van der Waals surface area contributed by atoms with Crippen LogP contribution in [0.1, 0.15) is 62.1 Å². The Balaban J connectivity index is 2.24. The van der Waals surface area contributed by atoms with Crippen LogP contribution in [0.25, 0.3) is 0 Å². The molecule has 1 unspecified atom stereocenters. The SMILES string of the molecule is CCCCCCC(C)OCc1cc(C(=O)NN)co1. The van der Waals surface area contributed by atoms with Crippen LogP contribution in [-0.4, -0.2) is 12.0 Å². The summed E-state index contributed by atoms with van der Waals surface area (Å²) in [4.78, 5) is 11.2. The predicted molar refractivity (Wildman–Crippen MR) is 73.4 cm³/mol. The maximum atomic E-state index is 11.2. The van der Waals surface area contributed by atoms with E-state index in [1.807, 2.05) is 0 Å². The van der Waals surface area contributed by atoms with Gasteiger partial charge in [-0.15, -0.1) is 0 Å². The molecule has 108 valence electrons. The van der Waals surface area contributed by atoms with Crippen molar-refractivity contribution >= 4 is 5.91 Å². The van der Waals surface area contributed by atoms with Crippen LogP contribution in [-0.2, 0) is 11.3 Å². The minimum atomic E-state index is -0.359. The van der Waals surface area contributed by atoms with E-state index >= 15 is 0 Å². The lowest BCUT2D eigenvalue weighted by molar-refractivity contribution is 0.0360. The van der Waals surface area contributed by atoms with Gasteiger partial charge in [-0.25, -0.2) is 5.84 Å². The third kappa shape index (κ3) is 5.89. The number of nitrogen functional groups attached to an aromatic ring is 1. The average molecular weight is 268 g/mol. The summed E-state index contributed by atoms with van der Waals surface area (Å²) in [5, 5.41) is 0. The number of furan rings is 1. The first kappa shape index (κ1) is 15.7. The zero-order valence-electron chi connectivity index (χ0n) is 11.8. The summed E-state index contributed by atoms with van der Waals surface area (Å²) in [6.45, 7) is 4.64. The standard InChI is InChI=1S/C14H24N2O3/c1-3-4-5-6-7-11(2)18-10-13-8-12(9-19-13)14(17)16-15/h8-9,11H,3-7,10,15H2,1-2H3,(H,16,17). The number of carbonyl (C=O) groups excluding carboxylic acids is 1. The summed E-state index contributed by atoms with van der Waals surface area (Å²) < 4.78 is 10.9. The number of ether oxygens (including phenoxy) is 1. The smallest absolute Gasteiger partial charge is 0.268 e. The number of hydrazine groups is 1. The first-order valence-corrected chi connectivity index (χ1v) is 6.87. The lowest BCUT2D eigenvalue weighted by Gasteiger charge is -2.11. The minimum absolute atomic E-state index is 0.203. The van der Waals surface area contributed by atoms with Gasteiger partial charge in [-0.05, 0) is 19.4 Å². The van der Waals surface area contributed by atoms with Gasteiger partial charge in [0.1, 0.15) is 18.6 Å². The maximum absolute atomic E-state index is 11.2. The van der Waals surface area contributed by atoms with Gasteiger partial charge in [-0.2, -0.15) is 0 Å². The highest BCUT2D eigenvalue weighted by atomic mass is 16.5. The minimum Gasteiger partial charge on any atom is -0.466 e. The molecule has 0 radical (unpaired) electrons. The zero-order chi connectivity index (χ0) is 14.1. The molecule has 0 saturated heterocycles. The molecule has 0 saturated carbocycles. The van der Waals surface area contributed by atoms with Gasteiger partial charge < -0.3 is 9.15 Å². The molecule has 0 aromatic carbocycles. The molecule has 1 amide bonds. The molecule has 1 rings (SSSR count). The highest BCUT2D eigenvalue weighted by Crippen LogP contribution is 2.13. The van der Waals surface area contributed by atoms with Crippen LogP contribution in [0.15, 0.2) is 16.7 Å². The predicted octanol–water partition coefficient (Wildman–Crippen LogP) is 2.76. The molecular formula is C14H24N2O3. The molecular weight excluding hydrogens is 244 g/mol. The summed E-state index contributed by atoms with van der Waals surface area (Å²) in [5.74, 6) is 5.32. The molecule has 1 aromatic heterocycles. The topological polar surface area (TPSA) is 77.5 Å². The third-order valence-electron chi connectivity index (χ3n) is 3.02. The van der Waals surface area contributed by atoms with Crippen LogP contribution in [0, 0.1) is 0 Å². The molecule has 0 aliphatic rings. The monoisotopic (exact) mass is 268 g/mol. The first-order valence-electron chi connectivity index (χ1n) is 6.87. The first-order chi connectivity index (χ1) is 9.17.